The number of aromatic nitrogens is 2. The summed E-state index contributed by atoms with van der Waals surface area (Å²) < 4.78 is 40.9. The van der Waals surface area contributed by atoms with Gasteiger partial charge in [0.1, 0.15) is 10.8 Å². The molecule has 1 saturated heterocycles. The minimum atomic E-state index is -3.74. The fourth-order valence-electron chi connectivity index (χ4n) is 3.62. The molecule has 1 amide bonds. The van der Waals surface area contributed by atoms with Gasteiger partial charge in [0.25, 0.3) is 5.91 Å². The van der Waals surface area contributed by atoms with Gasteiger partial charge >= 0.3 is 0 Å². The maximum absolute atomic E-state index is 13.3. The monoisotopic (exact) mass is 488 g/mol. The Bertz CT molecular complexity index is 1290. The Morgan fingerprint density at radius 1 is 1.15 bits per heavy atom. The maximum atomic E-state index is 13.3. The number of nitrogens with zero attached hydrogens (tertiary/aromatic N) is 3. The molecule has 8 nitrogen and oxygen atoms in total. The summed E-state index contributed by atoms with van der Waals surface area (Å²) in [5.74, 6) is -1.30. The van der Waals surface area contributed by atoms with Crippen LogP contribution in [0, 0.1) is 5.82 Å². The molecule has 0 saturated carbocycles. The summed E-state index contributed by atoms with van der Waals surface area (Å²) in [6.45, 7) is 2.02. The predicted molar refractivity (Wildman–Crippen MR) is 121 cm³/mol. The van der Waals surface area contributed by atoms with E-state index >= 15 is 0 Å². The van der Waals surface area contributed by atoms with Crippen LogP contribution in [0.5, 0.6) is 0 Å². The highest BCUT2D eigenvalue weighted by Crippen LogP contribution is 2.32. The number of sulfonamides is 1. The zero-order chi connectivity index (χ0) is 23.6. The second-order valence-electron chi connectivity index (χ2n) is 7.69. The minimum Gasteiger partial charge on any atom is -0.320 e. The Kier molecular flexibility index (Phi) is 6.63. The topological polar surface area (TPSA) is 109 Å². The molecule has 2 heterocycles. The van der Waals surface area contributed by atoms with E-state index in [1.54, 1.807) is 6.07 Å². The highest BCUT2D eigenvalue weighted by Gasteiger charge is 2.33. The number of benzene rings is 2. The normalized spacial score (nSPS) is 17.0. The molecule has 0 bridgehead atoms. The lowest BCUT2D eigenvalue weighted by Gasteiger charge is -2.30. The number of ketones is 1. The van der Waals surface area contributed by atoms with E-state index in [2.05, 4.69) is 15.5 Å². The van der Waals surface area contributed by atoms with E-state index < -0.39 is 21.7 Å². The first-order valence-electron chi connectivity index (χ1n) is 10.3. The van der Waals surface area contributed by atoms with Crippen LogP contribution in [-0.2, 0) is 10.0 Å². The first-order valence-corrected chi connectivity index (χ1v) is 12.5. The highest BCUT2D eigenvalue weighted by atomic mass is 32.2. The molecular formula is C22H21FN4O4S2. The lowest BCUT2D eigenvalue weighted by Crippen LogP contribution is -2.39. The summed E-state index contributed by atoms with van der Waals surface area (Å²) >= 11 is 1.10. The second-order valence-corrected chi connectivity index (χ2v) is 10.6. The van der Waals surface area contributed by atoms with Crippen molar-refractivity contribution in [2.45, 2.75) is 30.6 Å². The molecule has 11 heteroatoms. The summed E-state index contributed by atoms with van der Waals surface area (Å²) in [7, 11) is -3.74. The molecule has 0 spiro atoms. The number of hydrogen-bond donors (Lipinski definition) is 1. The van der Waals surface area contributed by atoms with E-state index in [4.69, 9.17) is 0 Å². The fraction of sp³-hybridized carbons (Fsp3) is 0.273. The van der Waals surface area contributed by atoms with E-state index in [0.29, 0.717) is 29.2 Å². The Hall–Kier alpha value is -3.02. The van der Waals surface area contributed by atoms with Gasteiger partial charge in [0, 0.05) is 30.3 Å². The maximum Gasteiger partial charge on any atom is 0.286 e. The number of carbonyl (C=O) groups is 2. The second kappa shape index (κ2) is 9.46. The van der Waals surface area contributed by atoms with Gasteiger partial charge < -0.3 is 5.32 Å². The molecule has 3 aromatic rings. The summed E-state index contributed by atoms with van der Waals surface area (Å²) in [4.78, 5) is 24.0. The molecule has 1 aliphatic rings. The van der Waals surface area contributed by atoms with Crippen LogP contribution < -0.4 is 5.32 Å². The van der Waals surface area contributed by atoms with Gasteiger partial charge in [0.15, 0.2) is 5.78 Å². The average Bonchev–Trinajstić information content (AvgIpc) is 3.30. The van der Waals surface area contributed by atoms with Gasteiger partial charge in [-0.3, -0.25) is 9.59 Å². The average molecular weight is 489 g/mol. The zero-order valence-corrected chi connectivity index (χ0v) is 19.3. The van der Waals surface area contributed by atoms with Crippen LogP contribution in [0.25, 0.3) is 0 Å². The Morgan fingerprint density at radius 3 is 2.61 bits per heavy atom. The SMILES string of the molecule is CC(=O)c1ccc(S(=O)(=O)N2CCC[C@H](c3nnc(C(=O)Nc4cccc(F)c4)s3)C2)cc1. The van der Waals surface area contributed by atoms with Crippen molar-refractivity contribution in [2.24, 2.45) is 0 Å². The fourth-order valence-corrected chi connectivity index (χ4v) is 6.00. The van der Waals surface area contributed by atoms with Gasteiger partial charge in [0.05, 0.1) is 4.90 Å². The number of nitrogens with one attached hydrogen (secondary N) is 1. The molecule has 1 atom stereocenters. The smallest absolute Gasteiger partial charge is 0.286 e. The molecule has 172 valence electrons. The van der Waals surface area contributed by atoms with Crippen molar-refractivity contribution < 1.29 is 22.4 Å². The van der Waals surface area contributed by atoms with E-state index in [1.807, 2.05) is 0 Å². The molecule has 1 N–H and O–H groups in total. The van der Waals surface area contributed by atoms with Crippen molar-refractivity contribution in [1.82, 2.24) is 14.5 Å². The van der Waals surface area contributed by atoms with Crippen LogP contribution in [0.3, 0.4) is 0 Å². The van der Waals surface area contributed by atoms with Crippen LogP contribution >= 0.6 is 11.3 Å². The third-order valence-corrected chi connectivity index (χ3v) is 8.31. The number of halogens is 1. The van der Waals surface area contributed by atoms with Gasteiger partial charge in [-0.1, -0.05) is 29.5 Å². The molecule has 0 radical (unpaired) electrons. The standard InChI is InChI=1S/C22H21FN4O4S2/c1-14(28)15-7-9-19(10-8-15)33(30,31)27-11-3-4-16(13-27)21-25-26-22(32-21)20(29)24-18-6-2-5-17(23)12-18/h2,5-10,12,16H,3-4,11,13H2,1H3,(H,24,29)/t16-/m0/s1. The first kappa shape index (κ1) is 23.1. The number of rotatable bonds is 6. The van der Waals surface area contributed by atoms with Gasteiger partial charge in [-0.25, -0.2) is 12.8 Å². The van der Waals surface area contributed by atoms with E-state index in [-0.39, 0.29) is 28.1 Å². The lowest BCUT2D eigenvalue weighted by atomic mass is 10.0. The number of anilines is 1. The van der Waals surface area contributed by atoms with Crippen molar-refractivity contribution in [3.05, 3.63) is 69.9 Å². The highest BCUT2D eigenvalue weighted by molar-refractivity contribution is 7.89. The predicted octanol–water partition coefficient (Wildman–Crippen LogP) is 3.70. The van der Waals surface area contributed by atoms with Crippen LogP contribution in [0.2, 0.25) is 0 Å². The summed E-state index contributed by atoms with van der Waals surface area (Å²) in [5, 5.41) is 11.3. The van der Waals surface area contributed by atoms with Gasteiger partial charge in [-0.15, -0.1) is 10.2 Å². The summed E-state index contributed by atoms with van der Waals surface area (Å²) in [6, 6.07) is 11.4. The van der Waals surface area contributed by atoms with Crippen molar-refractivity contribution in [2.75, 3.05) is 18.4 Å². The number of carbonyl (C=O) groups excluding carboxylic acids is 2. The Labute approximate surface area is 194 Å². The molecule has 33 heavy (non-hydrogen) atoms. The molecular weight excluding hydrogens is 467 g/mol. The minimum absolute atomic E-state index is 0.120. The Balaban J connectivity index is 1.47. The van der Waals surface area contributed by atoms with Crippen LogP contribution in [0.4, 0.5) is 10.1 Å². The summed E-state index contributed by atoms with van der Waals surface area (Å²) in [6.07, 6.45) is 1.36. The molecule has 1 fully saturated rings. The van der Waals surface area contributed by atoms with E-state index in [0.717, 1.165) is 17.8 Å². The third kappa shape index (κ3) is 5.15. The van der Waals surface area contributed by atoms with Crippen molar-refractivity contribution in [3.8, 4) is 0 Å². The summed E-state index contributed by atoms with van der Waals surface area (Å²) in [5.41, 5.74) is 0.755. The zero-order valence-electron chi connectivity index (χ0n) is 17.7. The largest absolute Gasteiger partial charge is 0.320 e. The number of hydrogen-bond acceptors (Lipinski definition) is 7. The molecule has 0 unspecified atom stereocenters. The lowest BCUT2D eigenvalue weighted by molar-refractivity contribution is 0.101. The van der Waals surface area contributed by atoms with Gasteiger partial charge in [-0.2, -0.15) is 4.31 Å². The van der Waals surface area contributed by atoms with Crippen molar-refractivity contribution in [3.63, 3.8) is 0 Å². The number of Topliss-reactive ketones (excluding diaryl/α,β-unsaturated/α-hetero) is 1. The van der Waals surface area contributed by atoms with Gasteiger partial charge in [0.2, 0.25) is 15.0 Å². The quantitative estimate of drug-likeness (QED) is 0.530. The van der Waals surface area contributed by atoms with Gasteiger partial charge in [-0.05, 0) is 50.1 Å². The van der Waals surface area contributed by atoms with Crippen LogP contribution in [-0.4, -0.2) is 47.7 Å². The third-order valence-electron chi connectivity index (χ3n) is 5.35. The molecule has 0 aliphatic carbocycles. The van der Waals surface area contributed by atoms with E-state index in [9.17, 15) is 22.4 Å². The van der Waals surface area contributed by atoms with Crippen LogP contribution in [0.1, 0.15) is 50.9 Å². The number of amides is 1. The van der Waals surface area contributed by atoms with Crippen LogP contribution in [0.15, 0.2) is 53.4 Å². The van der Waals surface area contributed by atoms with Crippen molar-refractivity contribution >= 4 is 38.7 Å². The van der Waals surface area contributed by atoms with E-state index in [1.165, 1.54) is 53.7 Å². The molecule has 1 aromatic heterocycles. The molecule has 1 aliphatic heterocycles. The molecule has 4 rings (SSSR count). The first-order chi connectivity index (χ1) is 15.7. The number of piperidine rings is 1. The van der Waals surface area contributed by atoms with Crippen molar-refractivity contribution in [1.29, 1.82) is 0 Å². The Morgan fingerprint density at radius 2 is 1.91 bits per heavy atom. The molecule has 2 aromatic carbocycles.